The second-order valence-corrected chi connectivity index (χ2v) is 6.86. The molecule has 1 aliphatic heterocycles. The van der Waals surface area contributed by atoms with E-state index in [0.29, 0.717) is 5.92 Å². The first-order valence-corrected chi connectivity index (χ1v) is 7.77. The molecule has 1 N–H and O–H groups in total. The molecule has 0 unspecified atom stereocenters. The van der Waals surface area contributed by atoms with Gasteiger partial charge in [0.05, 0.1) is 16.8 Å². The Morgan fingerprint density at radius 3 is 2.68 bits per heavy atom. The first-order valence-electron chi connectivity index (χ1n) is 7.77. The van der Waals surface area contributed by atoms with E-state index in [1.807, 2.05) is 45.2 Å². The van der Waals surface area contributed by atoms with Crippen LogP contribution in [0.5, 0.6) is 0 Å². The molecule has 112 valence electrons. The van der Waals surface area contributed by atoms with E-state index >= 15 is 0 Å². The van der Waals surface area contributed by atoms with Crippen molar-refractivity contribution in [3.8, 4) is 11.3 Å². The highest BCUT2D eigenvalue weighted by molar-refractivity contribution is 6.06. The summed E-state index contributed by atoms with van der Waals surface area (Å²) in [5, 5.41) is 3.03. The van der Waals surface area contributed by atoms with Gasteiger partial charge in [-0.15, -0.1) is 0 Å². The fourth-order valence-corrected chi connectivity index (χ4v) is 3.13. The second kappa shape index (κ2) is 4.38. The number of nitrogens with zero attached hydrogens (tertiary/aromatic N) is 2. The lowest BCUT2D eigenvalue weighted by atomic mass is 9.83. The molecule has 2 aromatic rings. The van der Waals surface area contributed by atoms with Gasteiger partial charge in [0, 0.05) is 34.6 Å². The van der Waals surface area contributed by atoms with Crippen LogP contribution in [0.25, 0.3) is 11.3 Å². The fourth-order valence-electron chi connectivity index (χ4n) is 3.13. The van der Waals surface area contributed by atoms with Gasteiger partial charge in [-0.1, -0.05) is 0 Å². The molecule has 2 aromatic heterocycles. The van der Waals surface area contributed by atoms with Crippen molar-refractivity contribution < 1.29 is 4.79 Å². The van der Waals surface area contributed by atoms with Crippen molar-refractivity contribution in [1.29, 1.82) is 0 Å². The molecular weight excluding hydrogens is 274 g/mol. The molecule has 1 fully saturated rings. The maximum atomic E-state index is 12.3. The minimum atomic E-state index is -0.496. The number of pyridine rings is 2. The lowest BCUT2D eigenvalue weighted by Gasteiger charge is -2.19. The standard InChI is InChI=1S/C18H19N3O/c1-10-4-5-12(9-19-10)13-8-14-15(16(20-13)11-6-7-11)18(2,3)17(22)21-14/h4-5,8-9,11H,6-7H2,1-3H3,(H,21,22). The third-order valence-corrected chi connectivity index (χ3v) is 4.66. The summed E-state index contributed by atoms with van der Waals surface area (Å²) >= 11 is 0. The highest BCUT2D eigenvalue weighted by Crippen LogP contribution is 2.49. The summed E-state index contributed by atoms with van der Waals surface area (Å²) in [4.78, 5) is 21.5. The van der Waals surface area contributed by atoms with Crippen LogP contribution >= 0.6 is 0 Å². The van der Waals surface area contributed by atoms with Gasteiger partial charge in [0.15, 0.2) is 0 Å². The lowest BCUT2D eigenvalue weighted by molar-refractivity contribution is -0.119. The molecule has 22 heavy (non-hydrogen) atoms. The molecule has 1 amide bonds. The Bertz CT molecular complexity index is 774. The van der Waals surface area contributed by atoms with Crippen LogP contribution in [-0.4, -0.2) is 15.9 Å². The largest absolute Gasteiger partial charge is 0.325 e. The number of aromatic nitrogens is 2. The Morgan fingerprint density at radius 1 is 1.27 bits per heavy atom. The molecule has 0 atom stereocenters. The Morgan fingerprint density at radius 2 is 2.05 bits per heavy atom. The zero-order valence-corrected chi connectivity index (χ0v) is 13.1. The van der Waals surface area contributed by atoms with Crippen molar-refractivity contribution in [1.82, 2.24) is 9.97 Å². The molecule has 0 spiro atoms. The highest BCUT2D eigenvalue weighted by atomic mass is 16.2. The van der Waals surface area contributed by atoms with E-state index in [1.165, 1.54) is 12.8 Å². The first kappa shape index (κ1) is 13.4. The van der Waals surface area contributed by atoms with Crippen molar-refractivity contribution in [3.63, 3.8) is 0 Å². The van der Waals surface area contributed by atoms with Crippen LogP contribution in [0.1, 0.15) is 49.6 Å². The molecule has 4 rings (SSSR count). The molecular formula is C18H19N3O. The van der Waals surface area contributed by atoms with Crippen LogP contribution in [0, 0.1) is 6.92 Å². The van der Waals surface area contributed by atoms with Gasteiger partial charge in [-0.25, -0.2) is 0 Å². The highest BCUT2D eigenvalue weighted by Gasteiger charge is 2.44. The fraction of sp³-hybridized carbons (Fsp3) is 0.389. The molecule has 0 saturated heterocycles. The van der Waals surface area contributed by atoms with E-state index in [1.54, 1.807) is 0 Å². The number of aryl methyl sites for hydroxylation is 1. The summed E-state index contributed by atoms with van der Waals surface area (Å²) < 4.78 is 0. The van der Waals surface area contributed by atoms with E-state index in [4.69, 9.17) is 4.98 Å². The van der Waals surface area contributed by atoms with Gasteiger partial charge in [-0.05, 0) is 51.8 Å². The van der Waals surface area contributed by atoms with E-state index in [-0.39, 0.29) is 5.91 Å². The molecule has 0 aromatic carbocycles. The number of hydrogen-bond acceptors (Lipinski definition) is 3. The molecule has 4 heteroatoms. The van der Waals surface area contributed by atoms with Gasteiger partial charge < -0.3 is 5.32 Å². The van der Waals surface area contributed by atoms with E-state index < -0.39 is 5.41 Å². The molecule has 3 heterocycles. The average molecular weight is 293 g/mol. The number of hydrogen-bond donors (Lipinski definition) is 1. The third-order valence-electron chi connectivity index (χ3n) is 4.66. The SMILES string of the molecule is Cc1ccc(-c2cc3c(c(C4CC4)n2)C(C)(C)C(=O)N3)cn1. The van der Waals surface area contributed by atoms with Gasteiger partial charge in [0.2, 0.25) is 5.91 Å². The number of anilines is 1. The minimum Gasteiger partial charge on any atom is -0.325 e. The summed E-state index contributed by atoms with van der Waals surface area (Å²) in [7, 11) is 0. The smallest absolute Gasteiger partial charge is 0.234 e. The third kappa shape index (κ3) is 1.94. The normalized spacial score (nSPS) is 19.0. The molecule has 1 aliphatic carbocycles. The van der Waals surface area contributed by atoms with Gasteiger partial charge in [-0.3, -0.25) is 14.8 Å². The van der Waals surface area contributed by atoms with Crippen LogP contribution in [-0.2, 0) is 10.2 Å². The summed E-state index contributed by atoms with van der Waals surface area (Å²) in [5.74, 6) is 0.560. The summed E-state index contributed by atoms with van der Waals surface area (Å²) in [6.07, 6.45) is 4.18. The minimum absolute atomic E-state index is 0.0605. The molecule has 1 saturated carbocycles. The zero-order chi connectivity index (χ0) is 15.5. The van der Waals surface area contributed by atoms with Gasteiger partial charge in [0.1, 0.15) is 0 Å². The van der Waals surface area contributed by atoms with Crippen LogP contribution in [0.4, 0.5) is 5.69 Å². The predicted molar refractivity (Wildman–Crippen MR) is 85.8 cm³/mol. The summed E-state index contributed by atoms with van der Waals surface area (Å²) in [6, 6.07) is 6.01. The maximum absolute atomic E-state index is 12.3. The molecule has 4 nitrogen and oxygen atoms in total. The van der Waals surface area contributed by atoms with Crippen molar-refractivity contribution in [3.05, 3.63) is 41.3 Å². The Kier molecular flexibility index (Phi) is 2.68. The predicted octanol–water partition coefficient (Wildman–Crippen LogP) is 3.56. The topological polar surface area (TPSA) is 54.9 Å². The van der Waals surface area contributed by atoms with Gasteiger partial charge >= 0.3 is 0 Å². The van der Waals surface area contributed by atoms with Crippen molar-refractivity contribution >= 4 is 11.6 Å². The average Bonchev–Trinajstić information content (AvgIpc) is 3.28. The van der Waals surface area contributed by atoms with Crippen molar-refractivity contribution in [2.75, 3.05) is 5.32 Å². The number of rotatable bonds is 2. The Balaban J connectivity index is 1.90. The maximum Gasteiger partial charge on any atom is 0.234 e. The van der Waals surface area contributed by atoms with Crippen LogP contribution < -0.4 is 5.32 Å². The van der Waals surface area contributed by atoms with E-state index in [2.05, 4.69) is 10.3 Å². The summed E-state index contributed by atoms with van der Waals surface area (Å²) in [5.41, 5.74) is 5.48. The van der Waals surface area contributed by atoms with Crippen molar-refractivity contribution in [2.24, 2.45) is 0 Å². The first-order chi connectivity index (χ1) is 10.5. The van der Waals surface area contributed by atoms with E-state index in [9.17, 15) is 4.79 Å². The lowest BCUT2D eigenvalue weighted by Crippen LogP contribution is -2.27. The number of amides is 1. The van der Waals surface area contributed by atoms with Crippen molar-refractivity contribution in [2.45, 2.75) is 44.9 Å². The van der Waals surface area contributed by atoms with Crippen LogP contribution in [0.2, 0.25) is 0 Å². The van der Waals surface area contributed by atoms with Crippen LogP contribution in [0.3, 0.4) is 0 Å². The quantitative estimate of drug-likeness (QED) is 0.921. The monoisotopic (exact) mass is 293 g/mol. The zero-order valence-electron chi connectivity index (χ0n) is 13.1. The molecule has 2 aliphatic rings. The molecule has 0 bridgehead atoms. The number of carbonyl (C=O) groups is 1. The Labute approximate surface area is 130 Å². The number of nitrogens with one attached hydrogen (secondary N) is 1. The number of carbonyl (C=O) groups excluding carboxylic acids is 1. The van der Waals surface area contributed by atoms with Gasteiger partial charge in [-0.2, -0.15) is 0 Å². The molecule has 0 radical (unpaired) electrons. The van der Waals surface area contributed by atoms with Gasteiger partial charge in [0.25, 0.3) is 0 Å². The summed E-state index contributed by atoms with van der Waals surface area (Å²) in [6.45, 7) is 5.93. The Hall–Kier alpha value is -2.23. The van der Waals surface area contributed by atoms with E-state index in [0.717, 1.165) is 33.9 Å². The van der Waals surface area contributed by atoms with Crippen LogP contribution in [0.15, 0.2) is 24.4 Å². The second-order valence-electron chi connectivity index (χ2n) is 6.86. The number of fused-ring (bicyclic) bond motifs is 1.